The van der Waals surface area contributed by atoms with Gasteiger partial charge >= 0.3 is 5.97 Å². The molecule has 1 aliphatic rings. The van der Waals surface area contributed by atoms with Crippen molar-refractivity contribution >= 4 is 16.9 Å². The number of carboxylic acids is 1. The smallest absolute Gasteiger partial charge is 0.303 e. The van der Waals surface area contributed by atoms with Gasteiger partial charge in [-0.15, -0.1) is 0 Å². The maximum atomic E-state index is 11.6. The molecule has 3 aromatic rings. The second-order valence-electron chi connectivity index (χ2n) is 9.35. The van der Waals surface area contributed by atoms with Crippen molar-refractivity contribution in [2.24, 2.45) is 11.8 Å². The summed E-state index contributed by atoms with van der Waals surface area (Å²) < 4.78 is 5.35. The quantitative estimate of drug-likeness (QED) is 0.427. The number of hydrogen-bond acceptors (Lipinski definition) is 7. The lowest BCUT2D eigenvalue weighted by atomic mass is 9.79. The number of aromatic nitrogens is 3. The number of aliphatic hydroxyl groups is 1. The predicted molar refractivity (Wildman–Crippen MR) is 133 cm³/mol. The zero-order chi connectivity index (χ0) is 24.6. The number of aryl methyl sites for hydroxylation is 1. The molecule has 8 heteroatoms. The van der Waals surface area contributed by atoms with Crippen LogP contribution in [0.1, 0.15) is 49.6 Å². The van der Waals surface area contributed by atoms with Crippen LogP contribution < -0.4 is 4.74 Å². The second kappa shape index (κ2) is 12.0. The molecule has 1 saturated heterocycles. The molecule has 186 valence electrons. The van der Waals surface area contributed by atoms with Crippen molar-refractivity contribution in [2.75, 3.05) is 26.7 Å². The minimum absolute atomic E-state index is 0.0794. The molecule has 2 N–H and O–H groups in total. The number of methoxy groups -OCH3 is 1. The van der Waals surface area contributed by atoms with Gasteiger partial charge < -0.3 is 19.8 Å². The van der Waals surface area contributed by atoms with Crippen LogP contribution in [-0.2, 0) is 11.2 Å². The fourth-order valence-electron chi connectivity index (χ4n) is 5.21. The van der Waals surface area contributed by atoms with Crippen LogP contribution in [0.4, 0.5) is 0 Å². The van der Waals surface area contributed by atoms with E-state index in [1.54, 1.807) is 25.7 Å². The van der Waals surface area contributed by atoms with Gasteiger partial charge in [-0.25, -0.2) is 9.97 Å². The van der Waals surface area contributed by atoms with Crippen molar-refractivity contribution in [3.8, 4) is 5.75 Å². The van der Waals surface area contributed by atoms with E-state index in [2.05, 4.69) is 19.9 Å². The van der Waals surface area contributed by atoms with Crippen LogP contribution in [-0.4, -0.2) is 62.8 Å². The third-order valence-electron chi connectivity index (χ3n) is 7.06. The highest BCUT2D eigenvalue weighted by Gasteiger charge is 2.31. The number of benzene rings is 1. The highest BCUT2D eigenvalue weighted by Crippen LogP contribution is 2.34. The fraction of sp³-hybridized carbons (Fsp3) is 0.481. The van der Waals surface area contributed by atoms with Crippen LogP contribution in [0.2, 0.25) is 0 Å². The molecule has 0 radical (unpaired) electrons. The number of nitrogens with zero attached hydrogens (tertiary/aromatic N) is 4. The maximum Gasteiger partial charge on any atom is 0.303 e. The van der Waals surface area contributed by atoms with Crippen LogP contribution in [0.5, 0.6) is 5.75 Å². The van der Waals surface area contributed by atoms with Gasteiger partial charge in [0.05, 0.1) is 18.7 Å². The largest absolute Gasteiger partial charge is 0.497 e. The Balaban J connectivity index is 1.35. The molecular formula is C27H34N4O4. The van der Waals surface area contributed by atoms with Gasteiger partial charge in [0.25, 0.3) is 0 Å². The molecule has 0 bridgehead atoms. The van der Waals surface area contributed by atoms with E-state index in [4.69, 9.17) is 4.74 Å². The monoisotopic (exact) mass is 478 g/mol. The van der Waals surface area contributed by atoms with Gasteiger partial charge in [0, 0.05) is 43.4 Å². The number of likely N-dealkylation sites (tertiary alicyclic amines) is 1. The number of ether oxygens (including phenoxy) is 1. The van der Waals surface area contributed by atoms with E-state index >= 15 is 0 Å². The molecule has 0 aliphatic carbocycles. The number of aliphatic carboxylic acids is 1. The topological polar surface area (TPSA) is 109 Å². The summed E-state index contributed by atoms with van der Waals surface area (Å²) >= 11 is 0. The first-order valence-corrected chi connectivity index (χ1v) is 12.3. The molecule has 0 saturated carbocycles. The number of aliphatic hydroxyl groups excluding tert-OH is 1. The summed E-state index contributed by atoms with van der Waals surface area (Å²) in [5.74, 6) is 1.17. The van der Waals surface area contributed by atoms with Crippen molar-refractivity contribution < 1.29 is 19.7 Å². The van der Waals surface area contributed by atoms with Crippen LogP contribution >= 0.6 is 0 Å². The SMILES string of the molecule is COc1ccc2nccc(C(O)CC[C@@H]3CCN(CCCc4ncccn4)C[C@@H]3CC(=O)O)c2c1. The minimum atomic E-state index is -0.757. The summed E-state index contributed by atoms with van der Waals surface area (Å²) in [6.45, 7) is 2.63. The van der Waals surface area contributed by atoms with Crippen molar-refractivity contribution in [3.05, 3.63) is 60.3 Å². The number of rotatable bonds is 11. The highest BCUT2D eigenvalue weighted by molar-refractivity contribution is 5.83. The van der Waals surface area contributed by atoms with Crippen LogP contribution in [0, 0.1) is 11.8 Å². The summed E-state index contributed by atoms with van der Waals surface area (Å²) in [7, 11) is 1.62. The van der Waals surface area contributed by atoms with Gasteiger partial charge in [-0.1, -0.05) is 0 Å². The molecule has 2 aromatic heterocycles. The third kappa shape index (κ3) is 6.74. The Labute approximate surface area is 206 Å². The van der Waals surface area contributed by atoms with E-state index in [-0.39, 0.29) is 18.3 Å². The average molecular weight is 479 g/mol. The second-order valence-corrected chi connectivity index (χ2v) is 9.35. The summed E-state index contributed by atoms with van der Waals surface area (Å²) in [5, 5.41) is 21.5. The molecule has 3 atom stereocenters. The lowest BCUT2D eigenvalue weighted by Crippen LogP contribution is -2.42. The Hall–Kier alpha value is -3.10. The molecule has 4 rings (SSSR count). The first-order valence-electron chi connectivity index (χ1n) is 12.3. The Bertz CT molecular complexity index is 1110. The van der Waals surface area contributed by atoms with Gasteiger partial charge in [-0.05, 0) is 86.5 Å². The maximum absolute atomic E-state index is 11.6. The number of pyridine rings is 1. The van der Waals surface area contributed by atoms with E-state index in [9.17, 15) is 15.0 Å². The highest BCUT2D eigenvalue weighted by atomic mass is 16.5. The van der Waals surface area contributed by atoms with Gasteiger partial charge in [-0.3, -0.25) is 9.78 Å². The average Bonchev–Trinajstić information content (AvgIpc) is 2.87. The summed E-state index contributed by atoms with van der Waals surface area (Å²) in [4.78, 5) is 26.9. The number of carbonyl (C=O) groups is 1. The lowest BCUT2D eigenvalue weighted by molar-refractivity contribution is -0.139. The number of fused-ring (bicyclic) bond motifs is 1. The minimum Gasteiger partial charge on any atom is -0.497 e. The summed E-state index contributed by atoms with van der Waals surface area (Å²) in [6, 6.07) is 9.35. The normalized spacial score (nSPS) is 19.5. The first kappa shape index (κ1) is 25.0. The molecule has 3 heterocycles. The van der Waals surface area contributed by atoms with Crippen LogP contribution in [0.25, 0.3) is 10.9 Å². The fourth-order valence-corrected chi connectivity index (χ4v) is 5.21. The molecule has 35 heavy (non-hydrogen) atoms. The molecule has 1 fully saturated rings. The Kier molecular flexibility index (Phi) is 8.60. The number of piperidine rings is 1. The van der Waals surface area contributed by atoms with E-state index in [0.717, 1.165) is 73.4 Å². The molecule has 1 aliphatic heterocycles. The molecule has 1 unspecified atom stereocenters. The predicted octanol–water partition coefficient (Wildman–Crippen LogP) is 3.89. The lowest BCUT2D eigenvalue weighted by Gasteiger charge is -2.38. The number of carboxylic acid groups (broad SMARTS) is 1. The standard InChI is InChI=1S/C27H34N4O4/c1-35-21-6-7-24-23(17-21)22(9-13-28-24)25(32)8-5-19-10-15-31(18-20(19)16-27(33)34)14-2-4-26-29-11-3-12-30-26/h3,6-7,9,11-13,17,19-20,25,32H,2,4-5,8,10,14-16,18H2,1H3,(H,33,34)/t19-,20+,25?/m1/s1. The van der Waals surface area contributed by atoms with E-state index in [0.29, 0.717) is 6.42 Å². The van der Waals surface area contributed by atoms with Gasteiger partial charge in [0.1, 0.15) is 11.6 Å². The van der Waals surface area contributed by atoms with Crippen molar-refractivity contribution in [3.63, 3.8) is 0 Å². The van der Waals surface area contributed by atoms with Crippen LogP contribution in [0.15, 0.2) is 48.9 Å². The van der Waals surface area contributed by atoms with E-state index in [1.165, 1.54) is 0 Å². The summed E-state index contributed by atoms with van der Waals surface area (Å²) in [6.07, 6.45) is 8.86. The van der Waals surface area contributed by atoms with Crippen LogP contribution in [0.3, 0.4) is 0 Å². The van der Waals surface area contributed by atoms with Gasteiger partial charge in [-0.2, -0.15) is 0 Å². The first-order chi connectivity index (χ1) is 17.0. The Morgan fingerprint density at radius 2 is 2.00 bits per heavy atom. The summed E-state index contributed by atoms with van der Waals surface area (Å²) in [5.41, 5.74) is 1.66. The number of hydrogen-bond donors (Lipinski definition) is 2. The molecule has 8 nitrogen and oxygen atoms in total. The van der Waals surface area contributed by atoms with E-state index < -0.39 is 12.1 Å². The third-order valence-corrected chi connectivity index (χ3v) is 7.06. The Morgan fingerprint density at radius 3 is 2.77 bits per heavy atom. The van der Waals surface area contributed by atoms with Crippen molar-refractivity contribution in [2.45, 2.75) is 44.6 Å². The van der Waals surface area contributed by atoms with Gasteiger partial charge in [0.15, 0.2) is 0 Å². The van der Waals surface area contributed by atoms with Crippen molar-refractivity contribution in [1.82, 2.24) is 19.9 Å². The molecule has 1 aromatic carbocycles. The molecule has 0 amide bonds. The zero-order valence-electron chi connectivity index (χ0n) is 20.2. The van der Waals surface area contributed by atoms with Crippen molar-refractivity contribution in [1.29, 1.82) is 0 Å². The van der Waals surface area contributed by atoms with Gasteiger partial charge in [0.2, 0.25) is 0 Å². The molecular weight excluding hydrogens is 444 g/mol. The zero-order valence-corrected chi connectivity index (χ0v) is 20.2. The van der Waals surface area contributed by atoms with E-state index in [1.807, 2.05) is 30.3 Å². The molecule has 0 spiro atoms. The Morgan fingerprint density at radius 1 is 1.17 bits per heavy atom.